The molecular formula is C14H22N2O2. The van der Waals surface area contributed by atoms with Crippen molar-refractivity contribution < 1.29 is 9.90 Å². The summed E-state index contributed by atoms with van der Waals surface area (Å²) in [6.07, 6.45) is 0.793. The van der Waals surface area contributed by atoms with Crippen LogP contribution in [0.2, 0.25) is 0 Å². The number of carbonyl (C=O) groups is 1. The van der Waals surface area contributed by atoms with E-state index in [0.29, 0.717) is 24.2 Å². The first-order valence-corrected chi connectivity index (χ1v) is 6.28. The first-order chi connectivity index (χ1) is 8.47. The molecule has 0 bridgehead atoms. The molecule has 0 aliphatic carbocycles. The van der Waals surface area contributed by atoms with E-state index in [0.717, 1.165) is 6.42 Å². The maximum Gasteiger partial charge on any atom is 0.254 e. The summed E-state index contributed by atoms with van der Waals surface area (Å²) in [5.41, 5.74) is 6.81. The van der Waals surface area contributed by atoms with Crippen molar-refractivity contribution in [3.05, 3.63) is 29.3 Å². The first-order valence-electron chi connectivity index (χ1n) is 6.28. The Morgan fingerprint density at radius 3 is 2.61 bits per heavy atom. The molecule has 18 heavy (non-hydrogen) atoms. The minimum Gasteiger partial charge on any atom is -0.508 e. The number of carbonyl (C=O) groups excluding carboxylic acids is 1. The summed E-state index contributed by atoms with van der Waals surface area (Å²) < 4.78 is 0. The molecule has 0 aromatic heterocycles. The lowest BCUT2D eigenvalue weighted by Crippen LogP contribution is -2.38. The minimum absolute atomic E-state index is 0.0125. The van der Waals surface area contributed by atoms with Crippen molar-refractivity contribution in [3.63, 3.8) is 0 Å². The molecule has 0 fully saturated rings. The Morgan fingerprint density at radius 1 is 1.44 bits per heavy atom. The van der Waals surface area contributed by atoms with Crippen LogP contribution in [0.15, 0.2) is 18.2 Å². The van der Waals surface area contributed by atoms with Gasteiger partial charge in [0.25, 0.3) is 5.91 Å². The van der Waals surface area contributed by atoms with Crippen molar-refractivity contribution in [3.8, 4) is 5.75 Å². The Kier molecular flexibility index (Phi) is 5.16. The fourth-order valence-corrected chi connectivity index (χ4v) is 1.81. The molecule has 4 heteroatoms. The number of hydrogen-bond acceptors (Lipinski definition) is 3. The molecule has 1 amide bonds. The number of benzene rings is 1. The average molecular weight is 250 g/mol. The van der Waals surface area contributed by atoms with E-state index in [1.165, 1.54) is 0 Å². The average Bonchev–Trinajstić information content (AvgIpc) is 2.32. The van der Waals surface area contributed by atoms with Crippen molar-refractivity contribution in [1.29, 1.82) is 0 Å². The number of nitrogens with two attached hydrogens (primary N) is 1. The second kappa shape index (κ2) is 6.40. The number of aromatic hydroxyl groups is 1. The Hall–Kier alpha value is -1.55. The lowest BCUT2D eigenvalue weighted by atomic mass is 10.1. The summed E-state index contributed by atoms with van der Waals surface area (Å²) in [5, 5.41) is 9.47. The highest BCUT2D eigenvalue weighted by Crippen LogP contribution is 2.18. The molecule has 4 nitrogen and oxygen atoms in total. The van der Waals surface area contributed by atoms with E-state index >= 15 is 0 Å². The fraction of sp³-hybridized carbons (Fsp3) is 0.500. The van der Waals surface area contributed by atoms with E-state index in [-0.39, 0.29) is 17.7 Å². The molecule has 0 aliphatic heterocycles. The smallest absolute Gasteiger partial charge is 0.254 e. The van der Waals surface area contributed by atoms with Crippen LogP contribution in [0.5, 0.6) is 5.75 Å². The molecule has 0 saturated heterocycles. The molecule has 3 N–H and O–H groups in total. The van der Waals surface area contributed by atoms with Gasteiger partial charge in [-0.05, 0) is 57.5 Å². The van der Waals surface area contributed by atoms with Crippen molar-refractivity contribution in [2.45, 2.75) is 33.2 Å². The first kappa shape index (κ1) is 14.5. The van der Waals surface area contributed by atoms with Gasteiger partial charge in [-0.25, -0.2) is 0 Å². The molecule has 0 heterocycles. The summed E-state index contributed by atoms with van der Waals surface area (Å²) in [4.78, 5) is 14.2. The molecule has 100 valence electrons. The van der Waals surface area contributed by atoms with Gasteiger partial charge in [-0.2, -0.15) is 0 Å². The van der Waals surface area contributed by atoms with Gasteiger partial charge in [-0.1, -0.05) is 0 Å². The molecular weight excluding hydrogens is 228 g/mol. The molecule has 1 rings (SSSR count). The largest absolute Gasteiger partial charge is 0.508 e. The van der Waals surface area contributed by atoms with E-state index in [9.17, 15) is 9.90 Å². The SMILES string of the molecule is Cc1cc(C(=O)N(CCCN)C(C)C)ccc1O. The monoisotopic (exact) mass is 250 g/mol. The van der Waals surface area contributed by atoms with Crippen molar-refractivity contribution in [2.24, 2.45) is 5.73 Å². The van der Waals surface area contributed by atoms with E-state index < -0.39 is 0 Å². The van der Waals surface area contributed by atoms with Gasteiger partial charge in [-0.3, -0.25) is 4.79 Å². The maximum atomic E-state index is 12.4. The predicted octanol–water partition coefficient (Wildman–Crippen LogP) is 1.90. The van der Waals surface area contributed by atoms with Gasteiger partial charge in [0, 0.05) is 18.2 Å². The highest BCUT2D eigenvalue weighted by molar-refractivity contribution is 5.94. The Labute approximate surface area is 108 Å². The molecule has 0 unspecified atom stereocenters. The maximum absolute atomic E-state index is 12.4. The second-order valence-corrected chi connectivity index (χ2v) is 4.74. The molecule has 0 atom stereocenters. The number of amides is 1. The van der Waals surface area contributed by atoms with E-state index in [1.807, 2.05) is 13.8 Å². The van der Waals surface area contributed by atoms with Crippen LogP contribution in [-0.2, 0) is 0 Å². The number of aryl methyl sites for hydroxylation is 1. The van der Waals surface area contributed by atoms with Crippen LogP contribution in [0.25, 0.3) is 0 Å². The van der Waals surface area contributed by atoms with Gasteiger partial charge in [0.1, 0.15) is 5.75 Å². The number of rotatable bonds is 5. The van der Waals surface area contributed by atoms with Crippen LogP contribution in [0, 0.1) is 6.92 Å². The second-order valence-electron chi connectivity index (χ2n) is 4.74. The quantitative estimate of drug-likeness (QED) is 0.838. The van der Waals surface area contributed by atoms with Crippen LogP contribution in [0.1, 0.15) is 36.2 Å². The lowest BCUT2D eigenvalue weighted by Gasteiger charge is -2.27. The van der Waals surface area contributed by atoms with Gasteiger partial charge in [-0.15, -0.1) is 0 Å². The third-order valence-corrected chi connectivity index (χ3v) is 2.93. The number of phenols is 1. The van der Waals surface area contributed by atoms with Gasteiger partial charge in [0.2, 0.25) is 0 Å². The Morgan fingerprint density at radius 2 is 2.11 bits per heavy atom. The van der Waals surface area contributed by atoms with Gasteiger partial charge >= 0.3 is 0 Å². The zero-order chi connectivity index (χ0) is 13.7. The normalized spacial score (nSPS) is 10.7. The third kappa shape index (κ3) is 3.47. The highest BCUT2D eigenvalue weighted by atomic mass is 16.3. The molecule has 0 saturated carbocycles. The molecule has 1 aromatic rings. The summed E-state index contributed by atoms with van der Waals surface area (Å²) in [6, 6.07) is 5.07. The van der Waals surface area contributed by atoms with E-state index in [4.69, 9.17) is 5.73 Å². The Bertz CT molecular complexity index is 416. The summed E-state index contributed by atoms with van der Waals surface area (Å²) in [7, 11) is 0. The number of phenolic OH excluding ortho intramolecular Hbond substituents is 1. The van der Waals surface area contributed by atoms with Crippen LogP contribution >= 0.6 is 0 Å². The number of hydrogen-bond donors (Lipinski definition) is 2. The van der Waals surface area contributed by atoms with Gasteiger partial charge < -0.3 is 15.7 Å². The van der Waals surface area contributed by atoms with Crippen LogP contribution in [0.4, 0.5) is 0 Å². The third-order valence-electron chi connectivity index (χ3n) is 2.93. The van der Waals surface area contributed by atoms with E-state index in [1.54, 1.807) is 30.0 Å². The standard InChI is InChI=1S/C14H22N2O2/c1-10(2)16(8-4-7-15)14(18)12-5-6-13(17)11(3)9-12/h5-6,9-10,17H,4,7-8,15H2,1-3H3. The molecule has 0 aliphatic rings. The number of nitrogens with zero attached hydrogens (tertiary/aromatic N) is 1. The highest BCUT2D eigenvalue weighted by Gasteiger charge is 2.18. The Balaban J connectivity index is 2.91. The fourth-order valence-electron chi connectivity index (χ4n) is 1.81. The van der Waals surface area contributed by atoms with Gasteiger partial charge in [0.05, 0.1) is 0 Å². The predicted molar refractivity (Wildman–Crippen MR) is 72.7 cm³/mol. The van der Waals surface area contributed by atoms with Crippen LogP contribution < -0.4 is 5.73 Å². The summed E-state index contributed by atoms with van der Waals surface area (Å²) in [5.74, 6) is 0.200. The minimum atomic E-state index is -0.0125. The molecule has 0 spiro atoms. The molecule has 0 radical (unpaired) electrons. The van der Waals surface area contributed by atoms with Crippen molar-refractivity contribution >= 4 is 5.91 Å². The topological polar surface area (TPSA) is 66.6 Å². The van der Waals surface area contributed by atoms with Gasteiger partial charge in [0.15, 0.2) is 0 Å². The molecule has 1 aromatic carbocycles. The van der Waals surface area contributed by atoms with Crippen LogP contribution in [-0.4, -0.2) is 35.0 Å². The van der Waals surface area contributed by atoms with Crippen molar-refractivity contribution in [2.75, 3.05) is 13.1 Å². The van der Waals surface area contributed by atoms with Crippen molar-refractivity contribution in [1.82, 2.24) is 4.90 Å². The van der Waals surface area contributed by atoms with Crippen LogP contribution in [0.3, 0.4) is 0 Å². The zero-order valence-electron chi connectivity index (χ0n) is 11.3. The zero-order valence-corrected chi connectivity index (χ0v) is 11.3. The summed E-state index contributed by atoms with van der Waals surface area (Å²) >= 11 is 0. The summed E-state index contributed by atoms with van der Waals surface area (Å²) in [6.45, 7) is 6.99. The lowest BCUT2D eigenvalue weighted by molar-refractivity contribution is 0.0704. The van der Waals surface area contributed by atoms with E-state index in [2.05, 4.69) is 0 Å².